The fraction of sp³-hybridized carbons (Fsp3) is 0.167. The Morgan fingerprint density at radius 1 is 0.952 bits per heavy atom. The molecule has 0 amide bonds. The third kappa shape index (κ3) is 3.78. The highest BCUT2D eigenvalue weighted by Gasteiger charge is 2.10. The highest BCUT2D eigenvalue weighted by atomic mass is 32.1. The Morgan fingerprint density at radius 2 is 1.62 bits per heavy atom. The topological polar surface area (TPSA) is 38.9 Å². The monoisotopic (exact) mass is 294 g/mol. The first-order valence-corrected chi connectivity index (χ1v) is 7.97. The quantitative estimate of drug-likeness (QED) is 0.773. The number of rotatable bonds is 5. The Hall–Kier alpha value is -1.97. The molecule has 0 fully saturated rings. The van der Waals surface area contributed by atoms with Crippen LogP contribution in [0.15, 0.2) is 66.0 Å². The molecule has 2 aromatic carbocycles. The van der Waals surface area contributed by atoms with Crippen LogP contribution in [0.2, 0.25) is 0 Å². The average molecular weight is 294 g/mol. The van der Waals surface area contributed by atoms with E-state index >= 15 is 0 Å². The van der Waals surface area contributed by atoms with Crippen LogP contribution in [0.5, 0.6) is 0 Å². The van der Waals surface area contributed by atoms with E-state index in [1.54, 1.807) is 11.3 Å². The standard InChI is InChI=1S/C18H18N2S/c19-17(15-9-5-2-6-10-15)12-16-13-21-18(20-16)11-14-7-3-1-4-8-14/h1-10,13,17H,11-12,19H2. The summed E-state index contributed by atoms with van der Waals surface area (Å²) in [6.07, 6.45) is 1.68. The van der Waals surface area contributed by atoms with Crippen LogP contribution in [-0.4, -0.2) is 4.98 Å². The van der Waals surface area contributed by atoms with Gasteiger partial charge in [-0.3, -0.25) is 0 Å². The minimum absolute atomic E-state index is 0.0119. The fourth-order valence-electron chi connectivity index (χ4n) is 2.34. The summed E-state index contributed by atoms with van der Waals surface area (Å²) in [6.45, 7) is 0. The molecule has 1 unspecified atom stereocenters. The summed E-state index contributed by atoms with van der Waals surface area (Å²) < 4.78 is 0. The molecule has 21 heavy (non-hydrogen) atoms. The van der Waals surface area contributed by atoms with Crippen LogP contribution in [-0.2, 0) is 12.8 Å². The van der Waals surface area contributed by atoms with Crippen molar-refractivity contribution in [2.45, 2.75) is 18.9 Å². The Labute approximate surface area is 129 Å². The van der Waals surface area contributed by atoms with Gasteiger partial charge in [0.15, 0.2) is 0 Å². The van der Waals surface area contributed by atoms with E-state index in [0.29, 0.717) is 0 Å². The van der Waals surface area contributed by atoms with E-state index < -0.39 is 0 Å². The molecule has 106 valence electrons. The second kappa shape index (κ2) is 6.66. The first kappa shape index (κ1) is 14.0. The lowest BCUT2D eigenvalue weighted by atomic mass is 10.0. The zero-order valence-corrected chi connectivity index (χ0v) is 12.6. The van der Waals surface area contributed by atoms with Crippen molar-refractivity contribution in [3.63, 3.8) is 0 Å². The zero-order valence-electron chi connectivity index (χ0n) is 11.8. The molecule has 2 nitrogen and oxygen atoms in total. The molecule has 0 saturated carbocycles. The smallest absolute Gasteiger partial charge is 0.0972 e. The van der Waals surface area contributed by atoms with Crippen LogP contribution in [0, 0.1) is 0 Å². The van der Waals surface area contributed by atoms with Gasteiger partial charge in [-0.1, -0.05) is 60.7 Å². The molecule has 0 aliphatic carbocycles. The molecule has 0 radical (unpaired) electrons. The number of hydrogen-bond acceptors (Lipinski definition) is 3. The van der Waals surface area contributed by atoms with E-state index in [2.05, 4.69) is 41.8 Å². The molecule has 3 aromatic rings. The number of nitrogens with two attached hydrogens (primary N) is 1. The molecule has 3 rings (SSSR count). The van der Waals surface area contributed by atoms with Crippen molar-refractivity contribution in [1.29, 1.82) is 0 Å². The maximum absolute atomic E-state index is 6.25. The maximum atomic E-state index is 6.25. The Balaban J connectivity index is 1.65. The Bertz CT molecular complexity index is 677. The van der Waals surface area contributed by atoms with Crippen LogP contribution in [0.4, 0.5) is 0 Å². The van der Waals surface area contributed by atoms with E-state index in [9.17, 15) is 0 Å². The van der Waals surface area contributed by atoms with Crippen LogP contribution in [0.3, 0.4) is 0 Å². The lowest BCUT2D eigenvalue weighted by Gasteiger charge is -2.09. The summed E-state index contributed by atoms with van der Waals surface area (Å²) >= 11 is 1.71. The largest absolute Gasteiger partial charge is 0.324 e. The van der Waals surface area contributed by atoms with Crippen molar-refractivity contribution in [2.24, 2.45) is 5.73 Å². The predicted molar refractivity (Wildman–Crippen MR) is 88.4 cm³/mol. The van der Waals surface area contributed by atoms with Gasteiger partial charge < -0.3 is 5.73 Å². The Kier molecular flexibility index (Phi) is 4.43. The lowest BCUT2D eigenvalue weighted by molar-refractivity contribution is 0.708. The highest BCUT2D eigenvalue weighted by Crippen LogP contribution is 2.19. The number of nitrogens with zero attached hydrogens (tertiary/aromatic N) is 1. The van der Waals surface area contributed by atoms with Crippen molar-refractivity contribution < 1.29 is 0 Å². The van der Waals surface area contributed by atoms with Crippen molar-refractivity contribution in [3.8, 4) is 0 Å². The van der Waals surface area contributed by atoms with E-state index in [0.717, 1.165) is 29.1 Å². The molecule has 0 aliphatic heterocycles. The maximum Gasteiger partial charge on any atom is 0.0972 e. The van der Waals surface area contributed by atoms with Crippen LogP contribution >= 0.6 is 11.3 Å². The molecular weight excluding hydrogens is 276 g/mol. The fourth-order valence-corrected chi connectivity index (χ4v) is 3.18. The van der Waals surface area contributed by atoms with E-state index in [-0.39, 0.29) is 6.04 Å². The second-order valence-electron chi connectivity index (χ2n) is 5.12. The van der Waals surface area contributed by atoms with Gasteiger partial charge in [0.1, 0.15) is 0 Å². The summed E-state index contributed by atoms with van der Waals surface area (Å²) in [7, 11) is 0. The van der Waals surface area contributed by atoms with Gasteiger partial charge in [-0.2, -0.15) is 0 Å². The SMILES string of the molecule is NC(Cc1csc(Cc2ccccc2)n1)c1ccccc1. The molecule has 3 heteroatoms. The van der Waals surface area contributed by atoms with Gasteiger partial charge in [-0.05, 0) is 11.1 Å². The second-order valence-corrected chi connectivity index (χ2v) is 6.06. The summed E-state index contributed by atoms with van der Waals surface area (Å²) in [5.41, 5.74) is 9.80. The van der Waals surface area contributed by atoms with Crippen LogP contribution in [0.25, 0.3) is 0 Å². The lowest BCUT2D eigenvalue weighted by Crippen LogP contribution is -2.13. The van der Waals surface area contributed by atoms with Gasteiger partial charge in [-0.25, -0.2) is 4.98 Å². The van der Waals surface area contributed by atoms with Gasteiger partial charge in [0.05, 0.1) is 10.7 Å². The van der Waals surface area contributed by atoms with Crippen molar-refractivity contribution in [3.05, 3.63) is 87.9 Å². The molecule has 0 bridgehead atoms. The van der Waals surface area contributed by atoms with Gasteiger partial charge in [0.2, 0.25) is 0 Å². The van der Waals surface area contributed by atoms with E-state index in [1.807, 2.05) is 24.3 Å². The molecule has 2 N–H and O–H groups in total. The van der Waals surface area contributed by atoms with Gasteiger partial charge in [-0.15, -0.1) is 11.3 Å². The molecule has 1 aromatic heterocycles. The summed E-state index contributed by atoms with van der Waals surface area (Å²) in [5.74, 6) is 0. The number of benzene rings is 2. The molecule has 1 atom stereocenters. The summed E-state index contributed by atoms with van der Waals surface area (Å²) in [5, 5.41) is 3.28. The van der Waals surface area contributed by atoms with Crippen LogP contribution in [0.1, 0.15) is 27.9 Å². The first-order valence-electron chi connectivity index (χ1n) is 7.09. The summed E-state index contributed by atoms with van der Waals surface area (Å²) in [4.78, 5) is 4.71. The minimum Gasteiger partial charge on any atom is -0.324 e. The van der Waals surface area contributed by atoms with Crippen LogP contribution < -0.4 is 5.73 Å². The van der Waals surface area contributed by atoms with E-state index in [4.69, 9.17) is 10.7 Å². The Morgan fingerprint density at radius 3 is 2.33 bits per heavy atom. The molecule has 0 spiro atoms. The van der Waals surface area contributed by atoms with Crippen molar-refractivity contribution in [1.82, 2.24) is 4.98 Å². The van der Waals surface area contributed by atoms with Gasteiger partial charge in [0.25, 0.3) is 0 Å². The molecule has 0 aliphatic rings. The molecule has 0 saturated heterocycles. The van der Waals surface area contributed by atoms with E-state index in [1.165, 1.54) is 5.56 Å². The number of aromatic nitrogens is 1. The molecule has 1 heterocycles. The van der Waals surface area contributed by atoms with Crippen molar-refractivity contribution >= 4 is 11.3 Å². The molecular formula is C18H18N2S. The van der Waals surface area contributed by atoms with Crippen molar-refractivity contribution in [2.75, 3.05) is 0 Å². The zero-order chi connectivity index (χ0) is 14.5. The third-order valence-corrected chi connectivity index (χ3v) is 4.35. The van der Waals surface area contributed by atoms with Gasteiger partial charge in [0, 0.05) is 24.3 Å². The number of hydrogen-bond donors (Lipinski definition) is 1. The number of thiazole rings is 1. The van der Waals surface area contributed by atoms with Gasteiger partial charge >= 0.3 is 0 Å². The summed E-state index contributed by atoms with van der Waals surface area (Å²) in [6, 6.07) is 20.7. The first-order chi connectivity index (χ1) is 10.3. The predicted octanol–water partition coefficient (Wildman–Crippen LogP) is 3.98. The third-order valence-electron chi connectivity index (χ3n) is 3.45. The minimum atomic E-state index is 0.0119. The normalized spacial score (nSPS) is 12.2. The highest BCUT2D eigenvalue weighted by molar-refractivity contribution is 7.09. The average Bonchev–Trinajstić information content (AvgIpc) is 2.96.